The van der Waals surface area contributed by atoms with Gasteiger partial charge >= 0.3 is 0 Å². The number of hydrogen-bond acceptors (Lipinski definition) is 2. The first kappa shape index (κ1) is 13.9. The Morgan fingerprint density at radius 1 is 1.44 bits per heavy atom. The van der Waals surface area contributed by atoms with Gasteiger partial charge in [-0.25, -0.2) is 0 Å². The van der Waals surface area contributed by atoms with E-state index in [2.05, 4.69) is 26.1 Å². The highest BCUT2D eigenvalue weighted by Gasteiger charge is 2.59. The lowest BCUT2D eigenvalue weighted by Gasteiger charge is -2.43. The molecule has 0 saturated heterocycles. The monoisotopic (exact) mass is 252 g/mol. The van der Waals surface area contributed by atoms with Crippen LogP contribution in [0.4, 0.5) is 0 Å². The van der Waals surface area contributed by atoms with Gasteiger partial charge in [-0.15, -0.1) is 0 Å². The van der Waals surface area contributed by atoms with E-state index in [-0.39, 0.29) is 17.2 Å². The number of nitrogens with two attached hydrogens (primary N) is 1. The van der Waals surface area contributed by atoms with Gasteiger partial charge in [0.15, 0.2) is 0 Å². The molecule has 3 nitrogen and oxygen atoms in total. The summed E-state index contributed by atoms with van der Waals surface area (Å²) in [6.07, 6.45) is 4.43. The molecule has 3 heteroatoms. The summed E-state index contributed by atoms with van der Waals surface area (Å²) in [6.45, 7) is 9.60. The van der Waals surface area contributed by atoms with Crippen LogP contribution >= 0.6 is 0 Å². The number of fused-ring (bicyclic) bond motifs is 2. The maximum atomic E-state index is 12.1. The van der Waals surface area contributed by atoms with Crippen LogP contribution in [-0.2, 0) is 4.79 Å². The van der Waals surface area contributed by atoms with Gasteiger partial charge in [-0.3, -0.25) is 4.79 Å². The zero-order valence-corrected chi connectivity index (χ0v) is 12.3. The summed E-state index contributed by atoms with van der Waals surface area (Å²) >= 11 is 0. The highest BCUT2D eigenvalue weighted by molar-refractivity contribution is 5.76. The third-order valence-corrected chi connectivity index (χ3v) is 5.51. The van der Waals surface area contributed by atoms with Crippen LogP contribution in [0.1, 0.15) is 53.4 Å². The number of nitrogens with one attached hydrogen (secondary N) is 1. The fourth-order valence-electron chi connectivity index (χ4n) is 4.28. The van der Waals surface area contributed by atoms with Crippen molar-refractivity contribution >= 4 is 5.91 Å². The Balaban J connectivity index is 2.02. The third-order valence-electron chi connectivity index (χ3n) is 5.51. The van der Waals surface area contributed by atoms with Gasteiger partial charge < -0.3 is 11.1 Å². The van der Waals surface area contributed by atoms with Gasteiger partial charge in [0, 0.05) is 12.5 Å². The molecular weight excluding hydrogens is 224 g/mol. The van der Waals surface area contributed by atoms with Gasteiger partial charge in [0.25, 0.3) is 0 Å². The number of carbonyl (C=O) groups is 1. The van der Waals surface area contributed by atoms with E-state index in [9.17, 15) is 4.79 Å². The first-order valence-electron chi connectivity index (χ1n) is 7.29. The molecule has 0 aromatic rings. The van der Waals surface area contributed by atoms with Crippen molar-refractivity contribution in [3.63, 3.8) is 0 Å². The molecule has 104 valence electrons. The van der Waals surface area contributed by atoms with Crippen LogP contribution in [0, 0.1) is 22.7 Å². The molecule has 2 aliphatic carbocycles. The first-order valence-corrected chi connectivity index (χ1v) is 7.29. The minimum absolute atomic E-state index is 0.180. The Morgan fingerprint density at radius 2 is 2.11 bits per heavy atom. The minimum Gasteiger partial charge on any atom is -0.352 e. The fourth-order valence-corrected chi connectivity index (χ4v) is 4.28. The molecule has 2 aliphatic rings. The molecule has 2 fully saturated rings. The van der Waals surface area contributed by atoms with E-state index >= 15 is 0 Å². The molecule has 0 aromatic carbocycles. The topological polar surface area (TPSA) is 55.1 Å². The van der Waals surface area contributed by atoms with Crippen molar-refractivity contribution in [1.82, 2.24) is 5.32 Å². The number of rotatable bonds is 4. The molecule has 0 aliphatic heterocycles. The zero-order valence-electron chi connectivity index (χ0n) is 12.3. The second-order valence-corrected chi connectivity index (χ2v) is 7.46. The molecule has 2 bridgehead atoms. The van der Waals surface area contributed by atoms with Crippen LogP contribution in [0.5, 0.6) is 0 Å². The Kier molecular flexibility index (Phi) is 3.48. The summed E-state index contributed by atoms with van der Waals surface area (Å²) in [5.41, 5.74) is 6.15. The highest BCUT2D eigenvalue weighted by Crippen LogP contribution is 2.62. The molecule has 1 amide bonds. The SMILES string of the molecule is CC(CN)CC(=O)NC1C2(C)CCC(C2)C1(C)C. The molecule has 0 radical (unpaired) electrons. The van der Waals surface area contributed by atoms with Crippen LogP contribution in [0.3, 0.4) is 0 Å². The second kappa shape index (κ2) is 4.52. The van der Waals surface area contributed by atoms with Gasteiger partial charge in [-0.05, 0) is 48.5 Å². The molecule has 2 rings (SSSR count). The Hall–Kier alpha value is -0.570. The number of amides is 1. The Morgan fingerprint density at radius 3 is 2.61 bits per heavy atom. The molecule has 0 spiro atoms. The summed E-state index contributed by atoms with van der Waals surface area (Å²) in [5.74, 6) is 1.24. The van der Waals surface area contributed by atoms with E-state index in [0.29, 0.717) is 24.4 Å². The van der Waals surface area contributed by atoms with Crippen LogP contribution in [0.25, 0.3) is 0 Å². The van der Waals surface area contributed by atoms with Gasteiger partial charge in [0.05, 0.1) is 0 Å². The van der Waals surface area contributed by atoms with Crippen molar-refractivity contribution in [2.45, 2.75) is 59.4 Å². The normalized spacial score (nSPS) is 38.7. The maximum absolute atomic E-state index is 12.1. The average Bonchev–Trinajstić information content (AvgIpc) is 2.75. The molecule has 4 atom stereocenters. The smallest absolute Gasteiger partial charge is 0.220 e. The summed E-state index contributed by atoms with van der Waals surface area (Å²) < 4.78 is 0. The van der Waals surface area contributed by atoms with Crippen LogP contribution in [-0.4, -0.2) is 18.5 Å². The minimum atomic E-state index is 0.180. The summed E-state index contributed by atoms with van der Waals surface area (Å²) in [5, 5.41) is 3.31. The van der Waals surface area contributed by atoms with Crippen LogP contribution in [0.15, 0.2) is 0 Å². The van der Waals surface area contributed by atoms with E-state index < -0.39 is 0 Å². The third kappa shape index (κ3) is 2.18. The van der Waals surface area contributed by atoms with Crippen molar-refractivity contribution in [2.75, 3.05) is 6.54 Å². The lowest BCUT2D eigenvalue weighted by molar-refractivity contribution is -0.124. The van der Waals surface area contributed by atoms with Gasteiger partial charge in [-0.1, -0.05) is 27.7 Å². The Bertz CT molecular complexity index is 335. The number of hydrogen-bond donors (Lipinski definition) is 2. The van der Waals surface area contributed by atoms with Crippen molar-refractivity contribution < 1.29 is 4.79 Å². The van der Waals surface area contributed by atoms with Crippen molar-refractivity contribution in [3.05, 3.63) is 0 Å². The highest BCUT2D eigenvalue weighted by atomic mass is 16.1. The standard InChI is InChI=1S/C15H28N2O/c1-10(9-16)7-12(18)17-13-14(2,3)11-5-6-15(13,4)8-11/h10-11,13H,5-9,16H2,1-4H3,(H,17,18). The molecule has 0 heterocycles. The van der Waals surface area contributed by atoms with E-state index in [1.54, 1.807) is 0 Å². The van der Waals surface area contributed by atoms with E-state index in [0.717, 1.165) is 5.92 Å². The largest absolute Gasteiger partial charge is 0.352 e. The quantitative estimate of drug-likeness (QED) is 0.806. The molecule has 0 aromatic heterocycles. The summed E-state index contributed by atoms with van der Waals surface area (Å²) in [6, 6.07) is 0.334. The van der Waals surface area contributed by atoms with E-state index in [1.807, 2.05) is 6.92 Å². The molecule has 2 saturated carbocycles. The van der Waals surface area contributed by atoms with Gasteiger partial charge in [-0.2, -0.15) is 0 Å². The van der Waals surface area contributed by atoms with E-state index in [4.69, 9.17) is 5.73 Å². The second-order valence-electron chi connectivity index (χ2n) is 7.46. The maximum Gasteiger partial charge on any atom is 0.220 e. The summed E-state index contributed by atoms with van der Waals surface area (Å²) in [7, 11) is 0. The van der Waals surface area contributed by atoms with Crippen molar-refractivity contribution in [3.8, 4) is 0 Å². The van der Waals surface area contributed by atoms with Gasteiger partial charge in [0.2, 0.25) is 5.91 Å². The molecule has 4 unspecified atom stereocenters. The lowest BCUT2D eigenvalue weighted by atomic mass is 9.68. The average molecular weight is 252 g/mol. The van der Waals surface area contributed by atoms with Gasteiger partial charge in [0.1, 0.15) is 0 Å². The first-order chi connectivity index (χ1) is 8.29. The van der Waals surface area contributed by atoms with Crippen molar-refractivity contribution in [1.29, 1.82) is 0 Å². The zero-order chi connectivity index (χ0) is 13.6. The fraction of sp³-hybridized carbons (Fsp3) is 0.933. The van der Waals surface area contributed by atoms with Crippen LogP contribution < -0.4 is 11.1 Å². The Labute approximate surface area is 111 Å². The predicted octanol–water partition coefficient (Wildman–Crippen LogP) is 2.30. The molecular formula is C15H28N2O. The number of carbonyl (C=O) groups excluding carboxylic acids is 1. The van der Waals surface area contributed by atoms with Crippen LogP contribution in [0.2, 0.25) is 0 Å². The van der Waals surface area contributed by atoms with E-state index in [1.165, 1.54) is 19.3 Å². The molecule has 18 heavy (non-hydrogen) atoms. The summed E-state index contributed by atoms with van der Waals surface area (Å²) in [4.78, 5) is 12.1. The lowest BCUT2D eigenvalue weighted by Crippen LogP contribution is -2.52. The van der Waals surface area contributed by atoms with Crippen molar-refractivity contribution in [2.24, 2.45) is 28.4 Å². The molecule has 3 N–H and O–H groups in total. The predicted molar refractivity (Wildman–Crippen MR) is 74.0 cm³/mol.